The summed E-state index contributed by atoms with van der Waals surface area (Å²) < 4.78 is 15.4. The van der Waals surface area contributed by atoms with Gasteiger partial charge in [0.15, 0.2) is 0 Å². The van der Waals surface area contributed by atoms with Crippen molar-refractivity contribution >= 4 is 0 Å². The van der Waals surface area contributed by atoms with Gasteiger partial charge in [-0.3, -0.25) is 14.7 Å². The zero-order valence-corrected chi connectivity index (χ0v) is 15.6. The second kappa shape index (κ2) is 7.08. The number of hydrogen-bond acceptors (Lipinski definition) is 3. The highest BCUT2D eigenvalue weighted by molar-refractivity contribution is 5.64. The summed E-state index contributed by atoms with van der Waals surface area (Å²) in [6.07, 6.45) is 4.51. The molecule has 1 aromatic carbocycles. The molecule has 4 nitrogen and oxygen atoms in total. The van der Waals surface area contributed by atoms with Crippen LogP contribution in [-0.4, -0.2) is 21.0 Å². The van der Waals surface area contributed by atoms with Gasteiger partial charge in [-0.15, -0.1) is 0 Å². The lowest BCUT2D eigenvalue weighted by Gasteiger charge is -2.30. The minimum Gasteiger partial charge on any atom is -0.315 e. The monoisotopic (exact) mass is 363 g/mol. The normalized spacial score (nSPS) is 14.2. The molecule has 0 fully saturated rings. The maximum atomic E-state index is 13.6. The van der Waals surface area contributed by atoms with Crippen LogP contribution in [0, 0.1) is 12.7 Å². The number of aryl methyl sites for hydroxylation is 1. The van der Waals surface area contributed by atoms with E-state index in [1.54, 1.807) is 29.8 Å². The molecule has 0 radical (unpaired) electrons. The van der Waals surface area contributed by atoms with Gasteiger partial charge >= 0.3 is 0 Å². The van der Waals surface area contributed by atoms with Crippen LogP contribution in [0.1, 0.15) is 22.4 Å². The van der Waals surface area contributed by atoms with Crippen LogP contribution in [0.3, 0.4) is 0 Å². The molecule has 0 spiro atoms. The second-order valence-electron chi connectivity index (χ2n) is 7.18. The molecular formula is C22H22FN3O. The Balaban J connectivity index is 1.69. The molecule has 1 aliphatic rings. The number of fused-ring (bicyclic) bond motifs is 1. The van der Waals surface area contributed by atoms with E-state index in [1.807, 2.05) is 25.4 Å². The zero-order valence-electron chi connectivity index (χ0n) is 15.6. The van der Waals surface area contributed by atoms with E-state index in [9.17, 15) is 9.18 Å². The van der Waals surface area contributed by atoms with Gasteiger partial charge in [0.2, 0.25) is 0 Å². The molecule has 0 aliphatic carbocycles. The Labute approximate surface area is 157 Å². The van der Waals surface area contributed by atoms with Gasteiger partial charge in [0, 0.05) is 56.8 Å². The van der Waals surface area contributed by atoms with Crippen LogP contribution < -0.4 is 5.56 Å². The van der Waals surface area contributed by atoms with Crippen molar-refractivity contribution in [2.24, 2.45) is 7.05 Å². The Morgan fingerprint density at radius 1 is 1.22 bits per heavy atom. The molecule has 0 amide bonds. The Morgan fingerprint density at radius 2 is 2.07 bits per heavy atom. The van der Waals surface area contributed by atoms with Crippen LogP contribution in [0.2, 0.25) is 0 Å². The molecule has 0 N–H and O–H groups in total. The Hall–Kier alpha value is -2.79. The summed E-state index contributed by atoms with van der Waals surface area (Å²) in [6.45, 7) is 4.24. The van der Waals surface area contributed by atoms with Crippen molar-refractivity contribution in [2.45, 2.75) is 26.4 Å². The molecule has 138 valence electrons. The molecule has 3 aromatic rings. The average Bonchev–Trinajstić information content (AvgIpc) is 2.68. The van der Waals surface area contributed by atoms with E-state index in [-0.39, 0.29) is 11.4 Å². The Bertz CT molecular complexity index is 1040. The minimum absolute atomic E-state index is 0.0273. The molecule has 0 unspecified atom stereocenters. The topological polar surface area (TPSA) is 38.1 Å². The molecule has 2 aromatic heterocycles. The van der Waals surface area contributed by atoms with E-state index in [0.717, 1.165) is 42.9 Å². The molecule has 5 heteroatoms. The SMILES string of the molecule is Cc1cc(-c2cc3c(n(C)c2=O)CCN(Cc2cccnc2)C3)ccc1F. The van der Waals surface area contributed by atoms with Gasteiger partial charge in [0.05, 0.1) is 0 Å². The average molecular weight is 363 g/mol. The number of pyridine rings is 2. The van der Waals surface area contributed by atoms with Gasteiger partial charge in [-0.1, -0.05) is 12.1 Å². The van der Waals surface area contributed by atoms with E-state index in [4.69, 9.17) is 0 Å². The second-order valence-corrected chi connectivity index (χ2v) is 7.18. The molecule has 0 atom stereocenters. The smallest absolute Gasteiger partial charge is 0.258 e. The lowest BCUT2D eigenvalue weighted by atomic mass is 9.98. The van der Waals surface area contributed by atoms with Gasteiger partial charge < -0.3 is 4.57 Å². The molecule has 0 saturated heterocycles. The van der Waals surface area contributed by atoms with E-state index in [1.165, 1.54) is 11.6 Å². The maximum absolute atomic E-state index is 13.6. The Morgan fingerprint density at radius 3 is 2.81 bits per heavy atom. The predicted molar refractivity (Wildman–Crippen MR) is 104 cm³/mol. The van der Waals surface area contributed by atoms with Crippen LogP contribution in [0.4, 0.5) is 4.39 Å². The summed E-state index contributed by atoms with van der Waals surface area (Å²) in [6, 6.07) is 10.9. The summed E-state index contributed by atoms with van der Waals surface area (Å²) in [5.41, 5.74) is 5.34. The van der Waals surface area contributed by atoms with Gasteiger partial charge in [0.1, 0.15) is 5.82 Å². The first kappa shape index (κ1) is 17.6. The first-order valence-corrected chi connectivity index (χ1v) is 9.12. The lowest BCUT2D eigenvalue weighted by molar-refractivity contribution is 0.240. The molecule has 27 heavy (non-hydrogen) atoms. The highest BCUT2D eigenvalue weighted by Crippen LogP contribution is 2.25. The largest absolute Gasteiger partial charge is 0.315 e. The summed E-state index contributed by atoms with van der Waals surface area (Å²) in [5, 5.41) is 0. The number of benzene rings is 1. The summed E-state index contributed by atoms with van der Waals surface area (Å²) in [4.78, 5) is 19.4. The van der Waals surface area contributed by atoms with E-state index < -0.39 is 0 Å². The van der Waals surface area contributed by atoms with Crippen molar-refractivity contribution in [1.29, 1.82) is 0 Å². The number of nitrogens with zero attached hydrogens (tertiary/aromatic N) is 3. The van der Waals surface area contributed by atoms with Crippen molar-refractivity contribution < 1.29 is 4.39 Å². The lowest BCUT2D eigenvalue weighted by Crippen LogP contribution is -2.35. The summed E-state index contributed by atoms with van der Waals surface area (Å²) >= 11 is 0. The van der Waals surface area contributed by atoms with Gasteiger partial charge in [0.25, 0.3) is 5.56 Å². The zero-order chi connectivity index (χ0) is 19.0. The quantitative estimate of drug-likeness (QED) is 0.715. The number of hydrogen-bond donors (Lipinski definition) is 0. The molecule has 4 rings (SSSR count). The molecule has 1 aliphatic heterocycles. The van der Waals surface area contributed by atoms with Crippen molar-refractivity contribution in [3.63, 3.8) is 0 Å². The van der Waals surface area contributed by atoms with Crippen LogP contribution in [0.25, 0.3) is 11.1 Å². The minimum atomic E-state index is -0.254. The van der Waals surface area contributed by atoms with Crippen molar-refractivity contribution in [2.75, 3.05) is 6.54 Å². The first-order valence-electron chi connectivity index (χ1n) is 9.12. The highest BCUT2D eigenvalue weighted by atomic mass is 19.1. The van der Waals surface area contributed by atoms with E-state index in [2.05, 4.69) is 16.0 Å². The third-order valence-corrected chi connectivity index (χ3v) is 5.29. The number of halogens is 1. The fourth-order valence-electron chi connectivity index (χ4n) is 3.79. The van der Waals surface area contributed by atoms with Crippen molar-refractivity contribution in [3.8, 4) is 11.1 Å². The number of aromatic nitrogens is 2. The Kier molecular flexibility index (Phi) is 4.62. The maximum Gasteiger partial charge on any atom is 0.258 e. The van der Waals surface area contributed by atoms with Crippen LogP contribution in [0.15, 0.2) is 53.6 Å². The molecule has 3 heterocycles. The van der Waals surface area contributed by atoms with Crippen LogP contribution in [0.5, 0.6) is 0 Å². The molecule has 0 bridgehead atoms. The summed E-state index contributed by atoms with van der Waals surface area (Å²) in [5.74, 6) is -0.254. The third kappa shape index (κ3) is 3.43. The van der Waals surface area contributed by atoms with Gasteiger partial charge in [-0.2, -0.15) is 0 Å². The van der Waals surface area contributed by atoms with E-state index >= 15 is 0 Å². The van der Waals surface area contributed by atoms with E-state index in [0.29, 0.717) is 11.1 Å². The fourth-order valence-corrected chi connectivity index (χ4v) is 3.79. The summed E-state index contributed by atoms with van der Waals surface area (Å²) in [7, 11) is 1.83. The van der Waals surface area contributed by atoms with Gasteiger partial charge in [-0.25, -0.2) is 4.39 Å². The van der Waals surface area contributed by atoms with Gasteiger partial charge in [-0.05, 0) is 53.4 Å². The number of rotatable bonds is 3. The van der Waals surface area contributed by atoms with Crippen molar-refractivity contribution in [1.82, 2.24) is 14.5 Å². The van der Waals surface area contributed by atoms with Crippen molar-refractivity contribution in [3.05, 3.63) is 87.3 Å². The fraction of sp³-hybridized carbons (Fsp3) is 0.273. The molecular weight excluding hydrogens is 341 g/mol. The standard InChI is InChI=1S/C22H22FN3O/c1-15-10-17(5-6-20(15)23)19-11-18-14-26(13-16-4-3-8-24-12-16)9-7-21(18)25(2)22(19)27/h3-6,8,10-12H,7,9,13-14H2,1-2H3. The van der Waals surface area contributed by atoms with Crippen LogP contribution >= 0.6 is 0 Å². The first-order chi connectivity index (χ1) is 13.0. The molecule has 0 saturated carbocycles. The van der Waals surface area contributed by atoms with Crippen LogP contribution in [-0.2, 0) is 26.6 Å². The predicted octanol–water partition coefficient (Wildman–Crippen LogP) is 3.45. The third-order valence-electron chi connectivity index (χ3n) is 5.29. The highest BCUT2D eigenvalue weighted by Gasteiger charge is 2.21.